The monoisotopic (exact) mass is 345 g/mol. The summed E-state index contributed by atoms with van der Waals surface area (Å²) in [4.78, 5) is 0. The second kappa shape index (κ2) is 5.85. The van der Waals surface area contributed by atoms with Gasteiger partial charge in [0.05, 0.1) is 0 Å². The van der Waals surface area contributed by atoms with E-state index in [1.54, 1.807) is 0 Å². The molecule has 2 aromatic rings. The van der Waals surface area contributed by atoms with E-state index < -0.39 is 0 Å². The summed E-state index contributed by atoms with van der Waals surface area (Å²) in [6, 6.07) is 11.7. The lowest BCUT2D eigenvalue weighted by atomic mass is 9.91. The largest absolute Gasteiger partial charge is 0.410 e. The molecule has 2 aliphatic rings. The molecule has 23 heavy (non-hydrogen) atoms. The van der Waals surface area contributed by atoms with Crippen LogP contribution in [0, 0.1) is 0 Å². The van der Waals surface area contributed by atoms with Gasteiger partial charge in [-0.15, -0.1) is 0 Å². The zero-order chi connectivity index (χ0) is 16.0. The van der Waals surface area contributed by atoms with Gasteiger partial charge in [-0.3, -0.25) is 0 Å². The summed E-state index contributed by atoms with van der Waals surface area (Å²) in [5, 5.41) is 14.9. The van der Waals surface area contributed by atoms with Crippen LogP contribution in [0.25, 0.3) is 0 Å². The number of hydrogen-bond donors (Lipinski definition) is 1. The Bertz CT molecular complexity index is 728. The molecule has 2 aromatic carbocycles. The van der Waals surface area contributed by atoms with Gasteiger partial charge in [0, 0.05) is 21.2 Å². The second-order valence-electron chi connectivity index (χ2n) is 6.46. The van der Waals surface area contributed by atoms with Gasteiger partial charge in [0.15, 0.2) is 0 Å². The van der Waals surface area contributed by atoms with Gasteiger partial charge in [-0.05, 0) is 72.9 Å². The van der Waals surface area contributed by atoms with E-state index >= 15 is 0 Å². The molecule has 0 radical (unpaired) electrons. The van der Waals surface area contributed by atoms with E-state index in [2.05, 4.69) is 5.16 Å². The molecule has 0 saturated heterocycles. The Morgan fingerprint density at radius 1 is 0.826 bits per heavy atom. The Kier molecular flexibility index (Phi) is 3.82. The molecule has 2 nitrogen and oxygen atoms in total. The summed E-state index contributed by atoms with van der Waals surface area (Å²) < 4.78 is 0. The standard InChI is InChI=1S/C19H17Cl2NO/c20-13-5-7-15(17(9-13)11-1-2-11)19(22-23)16-8-6-14(21)10-18(16)12-3-4-12/h5-12,23H,1-4H2. The molecular formula is C19H17Cl2NO. The van der Waals surface area contributed by atoms with E-state index in [9.17, 15) is 5.21 Å². The molecule has 1 N–H and O–H groups in total. The topological polar surface area (TPSA) is 32.6 Å². The maximum Gasteiger partial charge on any atom is 0.117 e. The Labute approximate surface area is 145 Å². The summed E-state index contributed by atoms with van der Waals surface area (Å²) in [5.41, 5.74) is 4.94. The molecule has 2 saturated carbocycles. The average Bonchev–Trinajstić information content (AvgIpc) is 3.42. The fourth-order valence-corrected chi connectivity index (χ4v) is 3.58. The molecule has 118 valence electrons. The van der Waals surface area contributed by atoms with E-state index in [0.717, 1.165) is 21.2 Å². The van der Waals surface area contributed by atoms with Gasteiger partial charge in [-0.1, -0.05) is 40.5 Å². The van der Waals surface area contributed by atoms with Crippen molar-refractivity contribution in [1.29, 1.82) is 0 Å². The first-order valence-electron chi connectivity index (χ1n) is 7.99. The zero-order valence-corrected chi connectivity index (χ0v) is 14.1. The van der Waals surface area contributed by atoms with Crippen molar-refractivity contribution in [2.75, 3.05) is 0 Å². The van der Waals surface area contributed by atoms with Crippen molar-refractivity contribution in [3.63, 3.8) is 0 Å². The second-order valence-corrected chi connectivity index (χ2v) is 7.33. The van der Waals surface area contributed by atoms with E-state index in [-0.39, 0.29) is 0 Å². The molecule has 2 fully saturated rings. The summed E-state index contributed by atoms with van der Waals surface area (Å²) >= 11 is 12.4. The van der Waals surface area contributed by atoms with E-state index in [1.807, 2.05) is 36.4 Å². The number of rotatable bonds is 4. The minimum atomic E-state index is 0.525. The van der Waals surface area contributed by atoms with Gasteiger partial charge < -0.3 is 5.21 Å². The number of oxime groups is 1. The van der Waals surface area contributed by atoms with Crippen LogP contribution >= 0.6 is 23.2 Å². The van der Waals surface area contributed by atoms with Gasteiger partial charge in [0.25, 0.3) is 0 Å². The van der Waals surface area contributed by atoms with Gasteiger partial charge in [-0.2, -0.15) is 0 Å². The maximum absolute atomic E-state index is 9.75. The SMILES string of the molecule is ON=C(c1ccc(Cl)cc1C1CC1)c1ccc(Cl)cc1C1CC1. The van der Waals surface area contributed by atoms with Crippen molar-refractivity contribution in [3.8, 4) is 0 Å². The molecule has 0 aromatic heterocycles. The van der Waals surface area contributed by atoms with Crippen LogP contribution in [0.2, 0.25) is 10.0 Å². The maximum atomic E-state index is 9.75. The molecule has 0 amide bonds. The molecule has 0 bridgehead atoms. The molecule has 0 atom stereocenters. The number of nitrogens with zero attached hydrogens (tertiary/aromatic N) is 1. The summed E-state index contributed by atoms with van der Waals surface area (Å²) in [7, 11) is 0. The summed E-state index contributed by atoms with van der Waals surface area (Å²) in [5.74, 6) is 1.05. The highest BCUT2D eigenvalue weighted by Crippen LogP contribution is 2.45. The lowest BCUT2D eigenvalue weighted by molar-refractivity contribution is 0.319. The predicted octanol–water partition coefficient (Wildman–Crippen LogP) is 5.97. The third-order valence-electron chi connectivity index (χ3n) is 4.67. The number of hydrogen-bond acceptors (Lipinski definition) is 2. The Hall–Kier alpha value is -1.51. The van der Waals surface area contributed by atoms with Crippen molar-refractivity contribution in [2.24, 2.45) is 5.16 Å². The summed E-state index contributed by atoms with van der Waals surface area (Å²) in [6.07, 6.45) is 4.68. The highest BCUT2D eigenvalue weighted by molar-refractivity contribution is 6.31. The molecule has 0 unspecified atom stereocenters. The van der Waals surface area contributed by atoms with E-state index in [4.69, 9.17) is 23.2 Å². The number of benzene rings is 2. The fourth-order valence-electron chi connectivity index (χ4n) is 3.22. The van der Waals surface area contributed by atoms with E-state index in [1.165, 1.54) is 36.8 Å². The molecule has 4 rings (SSSR count). The van der Waals surface area contributed by atoms with Crippen molar-refractivity contribution < 1.29 is 5.21 Å². The van der Waals surface area contributed by atoms with Crippen LogP contribution in [0.15, 0.2) is 41.6 Å². The molecule has 4 heteroatoms. The zero-order valence-electron chi connectivity index (χ0n) is 12.6. The third kappa shape index (κ3) is 2.98. The van der Waals surface area contributed by atoms with Crippen LogP contribution in [0.3, 0.4) is 0 Å². The van der Waals surface area contributed by atoms with Crippen LogP contribution < -0.4 is 0 Å². The average molecular weight is 346 g/mol. The van der Waals surface area contributed by atoms with Gasteiger partial charge in [0.1, 0.15) is 5.71 Å². The van der Waals surface area contributed by atoms with Crippen LogP contribution in [0.4, 0.5) is 0 Å². The lowest BCUT2D eigenvalue weighted by Crippen LogP contribution is -2.09. The summed E-state index contributed by atoms with van der Waals surface area (Å²) in [6.45, 7) is 0. The molecule has 0 aliphatic heterocycles. The Morgan fingerprint density at radius 2 is 1.26 bits per heavy atom. The molecule has 0 heterocycles. The first-order valence-corrected chi connectivity index (χ1v) is 8.74. The van der Waals surface area contributed by atoms with Crippen LogP contribution in [-0.4, -0.2) is 10.9 Å². The van der Waals surface area contributed by atoms with Crippen molar-refractivity contribution in [2.45, 2.75) is 37.5 Å². The van der Waals surface area contributed by atoms with Crippen molar-refractivity contribution in [1.82, 2.24) is 0 Å². The number of halogens is 2. The fraction of sp³-hybridized carbons (Fsp3) is 0.316. The Balaban J connectivity index is 1.85. The third-order valence-corrected chi connectivity index (χ3v) is 5.14. The molecule has 2 aliphatic carbocycles. The van der Waals surface area contributed by atoms with Crippen molar-refractivity contribution in [3.05, 3.63) is 68.7 Å². The minimum absolute atomic E-state index is 0.525. The molecule has 0 spiro atoms. The normalized spacial score (nSPS) is 17.1. The van der Waals surface area contributed by atoms with Gasteiger partial charge >= 0.3 is 0 Å². The first kappa shape index (κ1) is 15.0. The minimum Gasteiger partial charge on any atom is -0.410 e. The van der Waals surface area contributed by atoms with Crippen LogP contribution in [0.1, 0.15) is 59.8 Å². The first-order chi connectivity index (χ1) is 11.2. The van der Waals surface area contributed by atoms with Crippen LogP contribution in [-0.2, 0) is 0 Å². The van der Waals surface area contributed by atoms with Crippen LogP contribution in [0.5, 0.6) is 0 Å². The van der Waals surface area contributed by atoms with Crippen molar-refractivity contribution >= 4 is 28.9 Å². The predicted molar refractivity (Wildman–Crippen MR) is 94.3 cm³/mol. The smallest absolute Gasteiger partial charge is 0.117 e. The van der Waals surface area contributed by atoms with E-state index in [0.29, 0.717) is 17.5 Å². The molecular weight excluding hydrogens is 329 g/mol. The lowest BCUT2D eigenvalue weighted by Gasteiger charge is -2.15. The van der Waals surface area contributed by atoms with Gasteiger partial charge in [-0.25, -0.2) is 0 Å². The van der Waals surface area contributed by atoms with Gasteiger partial charge in [0.2, 0.25) is 0 Å². The highest BCUT2D eigenvalue weighted by atomic mass is 35.5. The quantitative estimate of drug-likeness (QED) is 0.413. The highest BCUT2D eigenvalue weighted by Gasteiger charge is 2.31. The Morgan fingerprint density at radius 3 is 1.61 bits per heavy atom.